The van der Waals surface area contributed by atoms with Gasteiger partial charge in [-0.15, -0.1) is 20.5 Å². The minimum atomic E-state index is -3.86. The van der Waals surface area contributed by atoms with Crippen LogP contribution in [-0.2, 0) is 36.8 Å². The first-order chi connectivity index (χ1) is 26.7. The Kier molecular flexibility index (Phi) is 14.8. The third kappa shape index (κ3) is 10.1. The number of azo groups is 2. The second-order valence-corrected chi connectivity index (χ2v) is 16.2. The number of hydrogen-bond acceptors (Lipinski definition) is 14. The maximum atomic E-state index is 12.5. The van der Waals surface area contributed by atoms with Gasteiger partial charge in [-0.2, -0.15) is 8.61 Å². The van der Waals surface area contributed by atoms with Crippen LogP contribution in [0.5, 0.6) is 23.0 Å². The molecular formula is C38H38CoN6O10S2. The van der Waals surface area contributed by atoms with Gasteiger partial charge in [0.1, 0.15) is 45.7 Å². The number of benzene rings is 6. The third-order valence-corrected chi connectivity index (χ3v) is 12.1. The number of phenols is 4. The van der Waals surface area contributed by atoms with E-state index in [0.29, 0.717) is 10.8 Å². The molecule has 16 nitrogen and oxygen atoms in total. The number of nitrogens with zero attached hydrogens (tertiary/aromatic N) is 6. The molecule has 0 heterocycles. The van der Waals surface area contributed by atoms with Crippen molar-refractivity contribution in [2.24, 2.45) is 20.5 Å². The second-order valence-electron chi connectivity index (χ2n) is 12.1. The van der Waals surface area contributed by atoms with E-state index in [4.69, 9.17) is 10.2 Å². The van der Waals surface area contributed by atoms with Crippen LogP contribution in [0.3, 0.4) is 0 Å². The fraction of sp³-hybridized carbons (Fsp3) is 0.158. The molecule has 0 atom stereocenters. The van der Waals surface area contributed by atoms with Gasteiger partial charge in [0.25, 0.3) is 0 Å². The van der Waals surface area contributed by atoms with E-state index in [1.807, 2.05) is 24.3 Å². The Morgan fingerprint density at radius 2 is 0.842 bits per heavy atom. The van der Waals surface area contributed by atoms with Crippen molar-refractivity contribution in [1.29, 1.82) is 0 Å². The summed E-state index contributed by atoms with van der Waals surface area (Å²) in [5, 5.41) is 77.3. The SMILES string of the molecule is CN(CCO)S(=O)(=O)c1ccc(O)c(N=Nc2c(O)ccc3ccccc23)c1.CN(CCO)S(=O)(=O)c1ccc(O)c(N=Nc2c(O)ccc3ccccc23)c1.[Co]. The first-order valence-corrected chi connectivity index (χ1v) is 19.6. The number of rotatable bonds is 12. The number of sulfonamides is 2. The zero-order chi connectivity index (χ0) is 40.6. The molecule has 0 spiro atoms. The molecule has 1 radical (unpaired) electrons. The van der Waals surface area contributed by atoms with Gasteiger partial charge in [-0.1, -0.05) is 60.7 Å². The normalized spacial score (nSPS) is 12.0. The van der Waals surface area contributed by atoms with Crippen LogP contribution in [0.1, 0.15) is 0 Å². The van der Waals surface area contributed by atoms with Crippen LogP contribution in [-0.4, -0.2) is 96.5 Å². The molecule has 301 valence electrons. The fourth-order valence-corrected chi connectivity index (χ4v) is 7.64. The summed E-state index contributed by atoms with van der Waals surface area (Å²) in [4.78, 5) is -0.199. The molecule has 6 aromatic rings. The summed E-state index contributed by atoms with van der Waals surface area (Å²) in [5.74, 6) is -0.693. The second kappa shape index (κ2) is 19.1. The molecule has 6 N–H and O–H groups in total. The zero-order valence-corrected chi connectivity index (χ0v) is 33.0. The van der Waals surface area contributed by atoms with Crippen molar-refractivity contribution in [3.63, 3.8) is 0 Å². The minimum absolute atomic E-state index is 0. The zero-order valence-electron chi connectivity index (χ0n) is 30.4. The smallest absolute Gasteiger partial charge is 0.242 e. The fourth-order valence-electron chi connectivity index (χ4n) is 5.27. The van der Waals surface area contributed by atoms with E-state index in [1.165, 1.54) is 62.6 Å². The number of phenolic OH excluding ortho intramolecular Hbond substituents is 4. The quantitative estimate of drug-likeness (QED) is 0.0724. The van der Waals surface area contributed by atoms with Crippen molar-refractivity contribution in [1.82, 2.24) is 8.61 Å². The number of aromatic hydroxyl groups is 4. The van der Waals surface area contributed by atoms with E-state index in [9.17, 15) is 37.3 Å². The van der Waals surface area contributed by atoms with Crippen molar-refractivity contribution >= 4 is 64.3 Å². The van der Waals surface area contributed by atoms with Gasteiger partial charge in [0.05, 0.1) is 23.0 Å². The Morgan fingerprint density at radius 1 is 0.491 bits per heavy atom. The molecule has 0 fully saturated rings. The number of fused-ring (bicyclic) bond motifs is 2. The Hall–Kier alpha value is -5.51. The van der Waals surface area contributed by atoms with Gasteiger partial charge in [-0.25, -0.2) is 16.8 Å². The van der Waals surface area contributed by atoms with Gasteiger partial charge in [-0.3, -0.25) is 0 Å². The third-order valence-electron chi connectivity index (χ3n) is 8.41. The molecule has 0 saturated carbocycles. The van der Waals surface area contributed by atoms with Gasteiger partial charge in [-0.05, 0) is 59.3 Å². The van der Waals surface area contributed by atoms with Crippen molar-refractivity contribution < 1.29 is 64.3 Å². The molecule has 0 unspecified atom stereocenters. The summed E-state index contributed by atoms with van der Waals surface area (Å²) in [6.07, 6.45) is 0. The van der Waals surface area contributed by atoms with Crippen LogP contribution in [0.2, 0.25) is 0 Å². The molecule has 0 aliphatic carbocycles. The molecular weight excluding hydrogens is 824 g/mol. The van der Waals surface area contributed by atoms with Gasteiger partial charge >= 0.3 is 0 Å². The average molecular weight is 862 g/mol. The van der Waals surface area contributed by atoms with Crippen LogP contribution in [0.15, 0.2) is 139 Å². The molecule has 19 heteroatoms. The van der Waals surface area contributed by atoms with E-state index < -0.39 is 20.0 Å². The maximum absolute atomic E-state index is 12.5. The molecule has 6 rings (SSSR count). The average Bonchev–Trinajstić information content (AvgIpc) is 3.18. The summed E-state index contributed by atoms with van der Waals surface area (Å²) < 4.78 is 52.0. The largest absolute Gasteiger partial charge is 0.506 e. The molecule has 0 bridgehead atoms. The number of likely N-dealkylation sites (N-methyl/N-ethyl adjacent to an activating group) is 2. The maximum Gasteiger partial charge on any atom is 0.242 e. The Labute approximate surface area is 338 Å². The first-order valence-electron chi connectivity index (χ1n) is 16.7. The topological polar surface area (TPSA) is 246 Å². The summed E-state index contributed by atoms with van der Waals surface area (Å²) in [6.45, 7) is -0.769. The number of hydrogen-bond donors (Lipinski definition) is 6. The van der Waals surface area contributed by atoms with E-state index >= 15 is 0 Å². The van der Waals surface area contributed by atoms with Gasteiger partial charge < -0.3 is 30.6 Å². The molecule has 0 aliphatic rings. The predicted octanol–water partition coefficient (Wildman–Crippen LogP) is 6.56. The molecule has 0 aromatic heterocycles. The Morgan fingerprint density at radius 3 is 1.21 bits per heavy atom. The molecule has 6 aromatic carbocycles. The Balaban J connectivity index is 0.000000248. The summed E-state index contributed by atoms with van der Waals surface area (Å²) in [5.41, 5.74) is 0.294. The summed E-state index contributed by atoms with van der Waals surface area (Å²) in [6, 6.07) is 28.3. The van der Waals surface area contributed by atoms with Crippen molar-refractivity contribution in [3.05, 3.63) is 109 Å². The first kappa shape index (κ1) is 44.2. The van der Waals surface area contributed by atoms with Crippen LogP contribution >= 0.6 is 0 Å². The Bertz CT molecular complexity index is 2480. The van der Waals surface area contributed by atoms with Gasteiger partial charge in [0.15, 0.2) is 0 Å². The van der Waals surface area contributed by atoms with Crippen molar-refractivity contribution in [2.45, 2.75) is 9.79 Å². The van der Waals surface area contributed by atoms with Crippen molar-refractivity contribution in [2.75, 3.05) is 40.4 Å². The van der Waals surface area contributed by atoms with Crippen LogP contribution in [0, 0.1) is 0 Å². The van der Waals surface area contributed by atoms with Gasteiger partial charge in [0, 0.05) is 54.7 Å². The molecule has 0 saturated heterocycles. The van der Waals surface area contributed by atoms with Crippen LogP contribution < -0.4 is 0 Å². The monoisotopic (exact) mass is 861 g/mol. The minimum Gasteiger partial charge on any atom is -0.506 e. The van der Waals surface area contributed by atoms with E-state index in [1.54, 1.807) is 36.4 Å². The number of aliphatic hydroxyl groups is 2. The van der Waals surface area contributed by atoms with Crippen LogP contribution in [0.4, 0.5) is 22.7 Å². The predicted molar refractivity (Wildman–Crippen MR) is 210 cm³/mol. The summed E-state index contributed by atoms with van der Waals surface area (Å²) in [7, 11) is -5.03. The number of aliphatic hydroxyl groups excluding tert-OH is 2. The molecule has 57 heavy (non-hydrogen) atoms. The molecule has 0 amide bonds. The van der Waals surface area contributed by atoms with Crippen molar-refractivity contribution in [3.8, 4) is 23.0 Å². The summed E-state index contributed by atoms with van der Waals surface area (Å²) >= 11 is 0. The van der Waals surface area contributed by atoms with E-state index in [-0.39, 0.29) is 98.6 Å². The van der Waals surface area contributed by atoms with E-state index in [2.05, 4.69) is 20.5 Å². The van der Waals surface area contributed by atoms with Gasteiger partial charge in [0.2, 0.25) is 20.0 Å². The molecule has 0 aliphatic heterocycles. The van der Waals surface area contributed by atoms with Crippen LogP contribution in [0.25, 0.3) is 21.5 Å². The standard InChI is InChI=1S/2C19H19N3O5S.Co/c2*1-22(10-11-23)28(26,27)14-7-9-17(24)16(12-14)20-21-19-15-5-3-2-4-13(15)6-8-18(19)25;/h2*2-9,12,23-25H,10-11H2,1H3;. The van der Waals surface area contributed by atoms with E-state index in [0.717, 1.165) is 19.4 Å².